The molecule has 23 heavy (non-hydrogen) atoms. The van der Waals surface area contributed by atoms with Crippen molar-refractivity contribution in [1.29, 1.82) is 0 Å². The van der Waals surface area contributed by atoms with Crippen LogP contribution in [0.4, 0.5) is 0 Å². The van der Waals surface area contributed by atoms with Gasteiger partial charge in [0.1, 0.15) is 0 Å². The van der Waals surface area contributed by atoms with E-state index in [4.69, 9.17) is 11.6 Å². The fourth-order valence-corrected chi connectivity index (χ4v) is 4.51. The molecule has 0 unspecified atom stereocenters. The summed E-state index contributed by atoms with van der Waals surface area (Å²) in [5, 5.41) is 0.738. The Labute approximate surface area is 143 Å². The molecule has 4 heteroatoms. The molecule has 124 valence electrons. The zero-order valence-corrected chi connectivity index (χ0v) is 14.4. The van der Waals surface area contributed by atoms with E-state index in [1.54, 1.807) is 0 Å². The Morgan fingerprint density at radius 3 is 2.17 bits per heavy atom. The summed E-state index contributed by atoms with van der Waals surface area (Å²) in [6.07, 6.45) is 7.42. The standard InChI is InChI=1S/C19H25ClN2O/c20-16-7-5-15(6-8-16)19(9-10-19)18(23)22-13-11-21(12-14-22)17-3-1-2-4-17/h5-8,17H,1-4,9-14H2. The summed E-state index contributed by atoms with van der Waals surface area (Å²) < 4.78 is 0. The monoisotopic (exact) mass is 332 g/mol. The summed E-state index contributed by atoms with van der Waals surface area (Å²) in [7, 11) is 0. The first-order chi connectivity index (χ1) is 11.2. The van der Waals surface area contributed by atoms with Gasteiger partial charge in [0.05, 0.1) is 5.41 Å². The third-order valence-electron chi connectivity index (χ3n) is 6.00. The maximum atomic E-state index is 13.1. The van der Waals surface area contributed by atoms with Gasteiger partial charge in [-0.25, -0.2) is 0 Å². The van der Waals surface area contributed by atoms with Gasteiger partial charge in [-0.15, -0.1) is 0 Å². The van der Waals surface area contributed by atoms with Crippen LogP contribution in [0.15, 0.2) is 24.3 Å². The van der Waals surface area contributed by atoms with Crippen molar-refractivity contribution in [1.82, 2.24) is 9.80 Å². The molecule has 3 nitrogen and oxygen atoms in total. The van der Waals surface area contributed by atoms with Crippen molar-refractivity contribution in [3.8, 4) is 0 Å². The van der Waals surface area contributed by atoms with Crippen molar-refractivity contribution in [3.63, 3.8) is 0 Å². The smallest absolute Gasteiger partial charge is 0.233 e. The second-order valence-electron chi connectivity index (χ2n) is 7.36. The lowest BCUT2D eigenvalue weighted by molar-refractivity contribution is -0.136. The summed E-state index contributed by atoms with van der Waals surface area (Å²) in [4.78, 5) is 17.8. The van der Waals surface area contributed by atoms with Gasteiger partial charge >= 0.3 is 0 Å². The van der Waals surface area contributed by atoms with Gasteiger partial charge in [0.2, 0.25) is 5.91 Å². The fourth-order valence-electron chi connectivity index (χ4n) is 4.38. The molecule has 0 N–H and O–H groups in total. The van der Waals surface area contributed by atoms with Gasteiger partial charge in [-0.3, -0.25) is 9.69 Å². The van der Waals surface area contributed by atoms with Crippen LogP contribution in [0.3, 0.4) is 0 Å². The molecule has 1 saturated heterocycles. The highest BCUT2D eigenvalue weighted by Gasteiger charge is 2.53. The van der Waals surface area contributed by atoms with E-state index in [1.807, 2.05) is 24.3 Å². The summed E-state index contributed by atoms with van der Waals surface area (Å²) in [5.74, 6) is 0.339. The van der Waals surface area contributed by atoms with Crippen LogP contribution in [-0.4, -0.2) is 47.9 Å². The molecular formula is C19H25ClN2O. The average Bonchev–Trinajstić information content (AvgIpc) is 3.21. The van der Waals surface area contributed by atoms with Gasteiger partial charge < -0.3 is 4.90 Å². The lowest BCUT2D eigenvalue weighted by atomic mass is 9.94. The van der Waals surface area contributed by atoms with E-state index in [1.165, 1.54) is 25.7 Å². The van der Waals surface area contributed by atoms with E-state index >= 15 is 0 Å². The van der Waals surface area contributed by atoms with Crippen LogP contribution in [0.25, 0.3) is 0 Å². The minimum Gasteiger partial charge on any atom is -0.339 e. The Kier molecular flexibility index (Phi) is 4.10. The minimum absolute atomic E-state index is 0.250. The van der Waals surface area contributed by atoms with Crippen LogP contribution in [0.2, 0.25) is 5.02 Å². The number of hydrogen-bond donors (Lipinski definition) is 0. The second kappa shape index (κ2) is 6.10. The second-order valence-corrected chi connectivity index (χ2v) is 7.79. The molecule has 3 aliphatic rings. The van der Waals surface area contributed by atoms with Crippen molar-refractivity contribution in [3.05, 3.63) is 34.9 Å². The van der Waals surface area contributed by atoms with E-state index in [0.29, 0.717) is 5.91 Å². The highest BCUT2D eigenvalue weighted by Crippen LogP contribution is 2.50. The van der Waals surface area contributed by atoms with Gasteiger partial charge in [-0.1, -0.05) is 36.6 Å². The van der Waals surface area contributed by atoms with E-state index in [0.717, 1.165) is 55.6 Å². The van der Waals surface area contributed by atoms with Crippen LogP contribution in [0, 0.1) is 0 Å². The van der Waals surface area contributed by atoms with Gasteiger partial charge in [0.15, 0.2) is 0 Å². The number of benzene rings is 1. The average molecular weight is 333 g/mol. The fraction of sp³-hybridized carbons (Fsp3) is 0.632. The number of carbonyl (C=O) groups excluding carboxylic acids is 1. The van der Waals surface area contributed by atoms with E-state index < -0.39 is 0 Å². The molecule has 1 amide bonds. The molecule has 3 fully saturated rings. The third kappa shape index (κ3) is 2.89. The number of piperazine rings is 1. The quantitative estimate of drug-likeness (QED) is 0.846. The molecule has 2 saturated carbocycles. The lowest BCUT2D eigenvalue weighted by Crippen LogP contribution is -2.53. The van der Waals surface area contributed by atoms with Gasteiger partial charge in [0.25, 0.3) is 0 Å². The molecule has 0 radical (unpaired) electrons. The maximum absolute atomic E-state index is 13.1. The summed E-state index contributed by atoms with van der Waals surface area (Å²) in [6.45, 7) is 3.88. The normalized spacial score (nSPS) is 24.8. The van der Waals surface area contributed by atoms with E-state index in [-0.39, 0.29) is 5.41 Å². The number of rotatable bonds is 3. The maximum Gasteiger partial charge on any atom is 0.233 e. The zero-order valence-electron chi connectivity index (χ0n) is 13.6. The van der Waals surface area contributed by atoms with Crippen molar-refractivity contribution < 1.29 is 4.79 Å². The highest BCUT2D eigenvalue weighted by atomic mass is 35.5. The van der Waals surface area contributed by atoms with Gasteiger partial charge in [-0.2, -0.15) is 0 Å². The van der Waals surface area contributed by atoms with E-state index in [9.17, 15) is 4.79 Å². The first kappa shape index (κ1) is 15.5. The molecule has 1 aliphatic heterocycles. The Balaban J connectivity index is 1.41. The molecule has 1 heterocycles. The molecule has 0 atom stereocenters. The topological polar surface area (TPSA) is 23.6 Å². The van der Waals surface area contributed by atoms with Crippen molar-refractivity contribution >= 4 is 17.5 Å². The molecule has 4 rings (SSSR count). The Hall–Kier alpha value is -1.06. The number of carbonyl (C=O) groups is 1. The zero-order chi connectivity index (χ0) is 15.9. The highest BCUT2D eigenvalue weighted by molar-refractivity contribution is 6.30. The number of nitrogens with zero attached hydrogens (tertiary/aromatic N) is 2. The Bertz CT molecular complexity index is 568. The Morgan fingerprint density at radius 1 is 1.00 bits per heavy atom. The number of amides is 1. The first-order valence-corrected chi connectivity index (χ1v) is 9.36. The van der Waals surface area contributed by atoms with Gasteiger partial charge in [-0.05, 0) is 43.4 Å². The molecule has 0 aromatic heterocycles. The molecule has 1 aromatic carbocycles. The number of halogens is 1. The van der Waals surface area contributed by atoms with Crippen LogP contribution >= 0.6 is 11.6 Å². The summed E-state index contributed by atoms with van der Waals surface area (Å²) in [5.41, 5.74) is 0.894. The van der Waals surface area contributed by atoms with Crippen molar-refractivity contribution in [2.45, 2.75) is 50.0 Å². The van der Waals surface area contributed by atoms with Crippen LogP contribution < -0.4 is 0 Å². The van der Waals surface area contributed by atoms with Crippen LogP contribution in [0.5, 0.6) is 0 Å². The number of hydrogen-bond acceptors (Lipinski definition) is 2. The van der Waals surface area contributed by atoms with Gasteiger partial charge in [0, 0.05) is 37.2 Å². The molecule has 0 spiro atoms. The minimum atomic E-state index is -0.250. The van der Waals surface area contributed by atoms with Crippen LogP contribution in [-0.2, 0) is 10.2 Å². The lowest BCUT2D eigenvalue weighted by Gasteiger charge is -2.39. The Morgan fingerprint density at radius 2 is 1.61 bits per heavy atom. The van der Waals surface area contributed by atoms with Crippen molar-refractivity contribution in [2.75, 3.05) is 26.2 Å². The molecular weight excluding hydrogens is 308 g/mol. The first-order valence-electron chi connectivity index (χ1n) is 8.98. The molecule has 1 aromatic rings. The predicted octanol–water partition coefficient (Wildman–Crippen LogP) is 3.46. The summed E-state index contributed by atoms with van der Waals surface area (Å²) >= 11 is 5.99. The summed E-state index contributed by atoms with van der Waals surface area (Å²) in [6, 6.07) is 8.65. The van der Waals surface area contributed by atoms with E-state index in [2.05, 4.69) is 9.80 Å². The largest absolute Gasteiger partial charge is 0.339 e. The molecule has 0 bridgehead atoms. The predicted molar refractivity (Wildman–Crippen MR) is 92.8 cm³/mol. The van der Waals surface area contributed by atoms with Crippen molar-refractivity contribution in [2.24, 2.45) is 0 Å². The SMILES string of the molecule is O=C(N1CCN(C2CCCC2)CC1)C1(c2ccc(Cl)cc2)CC1. The third-order valence-corrected chi connectivity index (χ3v) is 6.25. The van der Waals surface area contributed by atoms with Crippen LogP contribution in [0.1, 0.15) is 44.1 Å². The molecule has 2 aliphatic carbocycles.